The molecule has 1 aromatic carbocycles. The van der Waals surface area contributed by atoms with Crippen LogP contribution in [0.25, 0.3) is 0 Å². The number of nitrogens with one attached hydrogen (secondary N) is 2. The molecule has 0 atom stereocenters. The van der Waals surface area contributed by atoms with Gasteiger partial charge in [-0.05, 0) is 31.0 Å². The number of methoxy groups -OCH3 is 1. The van der Waals surface area contributed by atoms with E-state index in [9.17, 15) is 0 Å². The van der Waals surface area contributed by atoms with Crippen molar-refractivity contribution in [1.82, 2.24) is 15.6 Å². The fraction of sp³-hybridized carbons (Fsp3) is 0.429. The van der Waals surface area contributed by atoms with Crippen molar-refractivity contribution >= 4 is 5.96 Å². The molecule has 2 N–H and O–H groups in total. The minimum absolute atomic E-state index is 0.440. The van der Waals surface area contributed by atoms with E-state index in [4.69, 9.17) is 14.2 Å². The first-order chi connectivity index (χ1) is 13.8. The number of aromatic nitrogens is 1. The summed E-state index contributed by atoms with van der Waals surface area (Å²) in [6.07, 6.45) is 2.72. The molecule has 0 bridgehead atoms. The molecule has 0 aliphatic heterocycles. The lowest BCUT2D eigenvalue weighted by atomic mass is 10.3. The lowest BCUT2D eigenvalue weighted by Gasteiger charge is -2.11. The first-order valence-corrected chi connectivity index (χ1v) is 9.58. The van der Waals surface area contributed by atoms with Gasteiger partial charge in [0.1, 0.15) is 19.0 Å². The lowest BCUT2D eigenvalue weighted by Crippen LogP contribution is -2.38. The van der Waals surface area contributed by atoms with Crippen LogP contribution in [-0.2, 0) is 11.3 Å². The first kappa shape index (κ1) is 21.5. The SMILES string of the molecule is CCNC(=NCc1ccc(OCCOc2ccccc2)nc1)NCCCOC. The summed E-state index contributed by atoms with van der Waals surface area (Å²) in [6, 6.07) is 13.5. The van der Waals surface area contributed by atoms with E-state index in [1.165, 1.54) is 0 Å². The Balaban J connectivity index is 1.72. The van der Waals surface area contributed by atoms with Gasteiger partial charge in [-0.1, -0.05) is 24.3 Å². The number of pyridine rings is 1. The van der Waals surface area contributed by atoms with Crippen LogP contribution < -0.4 is 20.1 Å². The van der Waals surface area contributed by atoms with Crippen molar-refractivity contribution < 1.29 is 14.2 Å². The van der Waals surface area contributed by atoms with E-state index < -0.39 is 0 Å². The predicted molar refractivity (Wildman–Crippen MR) is 111 cm³/mol. The maximum Gasteiger partial charge on any atom is 0.213 e. The summed E-state index contributed by atoms with van der Waals surface area (Å²) in [5.41, 5.74) is 1.02. The summed E-state index contributed by atoms with van der Waals surface area (Å²) in [6.45, 7) is 5.86. The van der Waals surface area contributed by atoms with E-state index in [0.717, 1.165) is 43.4 Å². The van der Waals surface area contributed by atoms with Crippen LogP contribution in [0.4, 0.5) is 0 Å². The number of guanidine groups is 1. The van der Waals surface area contributed by atoms with E-state index >= 15 is 0 Å². The van der Waals surface area contributed by atoms with Gasteiger partial charge in [0.2, 0.25) is 5.88 Å². The van der Waals surface area contributed by atoms with Crippen molar-refractivity contribution in [3.63, 3.8) is 0 Å². The van der Waals surface area contributed by atoms with E-state index in [1.54, 1.807) is 13.3 Å². The molecule has 7 heteroatoms. The van der Waals surface area contributed by atoms with E-state index in [1.807, 2.05) is 49.4 Å². The van der Waals surface area contributed by atoms with Crippen LogP contribution in [-0.4, -0.2) is 51.0 Å². The fourth-order valence-electron chi connectivity index (χ4n) is 2.35. The van der Waals surface area contributed by atoms with Gasteiger partial charge in [-0.25, -0.2) is 9.98 Å². The zero-order valence-corrected chi connectivity index (χ0v) is 16.7. The van der Waals surface area contributed by atoms with E-state index in [2.05, 4.69) is 20.6 Å². The summed E-state index contributed by atoms with van der Waals surface area (Å²) >= 11 is 0. The van der Waals surface area contributed by atoms with Crippen LogP contribution in [0.15, 0.2) is 53.7 Å². The molecule has 0 amide bonds. The Morgan fingerprint density at radius 1 is 1.00 bits per heavy atom. The van der Waals surface area contributed by atoms with Crippen molar-refractivity contribution in [1.29, 1.82) is 0 Å². The Bertz CT molecular complexity index is 678. The number of benzene rings is 1. The molecule has 0 spiro atoms. The third kappa shape index (κ3) is 8.73. The standard InChI is InChI=1S/C21H30N4O3/c1-3-22-21(23-12-7-13-26-2)25-17-18-10-11-20(24-16-18)28-15-14-27-19-8-5-4-6-9-19/h4-6,8-11,16H,3,7,12-15,17H2,1-2H3,(H2,22,23,25). The smallest absolute Gasteiger partial charge is 0.213 e. The highest BCUT2D eigenvalue weighted by molar-refractivity contribution is 5.79. The third-order valence-electron chi connectivity index (χ3n) is 3.72. The molecule has 0 radical (unpaired) electrons. The Morgan fingerprint density at radius 2 is 1.82 bits per heavy atom. The summed E-state index contributed by atoms with van der Waals surface area (Å²) in [5.74, 6) is 2.20. The highest BCUT2D eigenvalue weighted by atomic mass is 16.5. The minimum atomic E-state index is 0.440. The molecule has 2 rings (SSSR count). The summed E-state index contributed by atoms with van der Waals surface area (Å²) in [4.78, 5) is 8.90. The van der Waals surface area contributed by atoms with Gasteiger partial charge < -0.3 is 24.8 Å². The van der Waals surface area contributed by atoms with Gasteiger partial charge in [0.05, 0.1) is 6.54 Å². The highest BCUT2D eigenvalue weighted by Crippen LogP contribution is 2.10. The molecular weight excluding hydrogens is 356 g/mol. The number of hydrogen-bond donors (Lipinski definition) is 2. The zero-order chi connectivity index (χ0) is 19.9. The Hall–Kier alpha value is -2.80. The van der Waals surface area contributed by atoms with Gasteiger partial charge in [0, 0.05) is 39.1 Å². The quantitative estimate of drug-likeness (QED) is 0.332. The molecule has 0 fully saturated rings. The number of ether oxygens (including phenoxy) is 3. The van der Waals surface area contributed by atoms with Crippen LogP contribution in [0, 0.1) is 0 Å². The highest BCUT2D eigenvalue weighted by Gasteiger charge is 2.00. The second-order valence-corrected chi connectivity index (χ2v) is 5.98. The van der Waals surface area contributed by atoms with Crippen molar-refractivity contribution in [2.75, 3.05) is 40.0 Å². The van der Waals surface area contributed by atoms with Crippen molar-refractivity contribution in [2.24, 2.45) is 4.99 Å². The van der Waals surface area contributed by atoms with Gasteiger partial charge in [-0.2, -0.15) is 0 Å². The Kier molecular flexibility index (Phi) is 10.3. The average molecular weight is 386 g/mol. The summed E-state index contributed by atoms with van der Waals surface area (Å²) in [7, 11) is 1.70. The molecule has 0 saturated carbocycles. The molecule has 2 aromatic rings. The molecule has 0 aliphatic carbocycles. The van der Waals surface area contributed by atoms with Crippen molar-refractivity contribution in [3.05, 3.63) is 54.2 Å². The molecule has 0 aliphatic rings. The van der Waals surface area contributed by atoms with Crippen LogP contribution in [0.2, 0.25) is 0 Å². The summed E-state index contributed by atoms with van der Waals surface area (Å²) < 4.78 is 16.3. The second-order valence-electron chi connectivity index (χ2n) is 5.98. The van der Waals surface area contributed by atoms with Gasteiger partial charge in [-0.15, -0.1) is 0 Å². The largest absolute Gasteiger partial charge is 0.490 e. The maximum atomic E-state index is 5.61. The number of hydrogen-bond acceptors (Lipinski definition) is 5. The molecular formula is C21H30N4O3. The van der Waals surface area contributed by atoms with E-state index in [0.29, 0.717) is 25.6 Å². The Morgan fingerprint density at radius 3 is 2.54 bits per heavy atom. The molecule has 0 saturated heterocycles. The monoisotopic (exact) mass is 386 g/mol. The molecule has 1 heterocycles. The molecule has 152 valence electrons. The molecule has 1 aromatic heterocycles. The topological polar surface area (TPSA) is 77.0 Å². The van der Waals surface area contributed by atoms with Crippen LogP contribution in [0.1, 0.15) is 18.9 Å². The van der Waals surface area contributed by atoms with Gasteiger partial charge in [0.25, 0.3) is 0 Å². The number of nitrogens with zero attached hydrogens (tertiary/aromatic N) is 2. The Labute approximate surface area is 167 Å². The molecule has 0 unspecified atom stereocenters. The molecule has 7 nitrogen and oxygen atoms in total. The third-order valence-corrected chi connectivity index (χ3v) is 3.72. The van der Waals surface area contributed by atoms with E-state index in [-0.39, 0.29) is 0 Å². The number of aliphatic imine (C=N–C) groups is 1. The second kappa shape index (κ2) is 13.4. The molecule has 28 heavy (non-hydrogen) atoms. The number of para-hydroxylation sites is 1. The lowest BCUT2D eigenvalue weighted by molar-refractivity contribution is 0.195. The first-order valence-electron chi connectivity index (χ1n) is 9.58. The van der Waals surface area contributed by atoms with Crippen LogP contribution in [0.5, 0.6) is 11.6 Å². The van der Waals surface area contributed by atoms with Gasteiger partial charge >= 0.3 is 0 Å². The van der Waals surface area contributed by atoms with Gasteiger partial charge in [-0.3, -0.25) is 0 Å². The predicted octanol–water partition coefficient (Wildman–Crippen LogP) is 2.63. The fourth-order valence-corrected chi connectivity index (χ4v) is 2.35. The van der Waals surface area contributed by atoms with Crippen LogP contribution in [0.3, 0.4) is 0 Å². The maximum absolute atomic E-state index is 5.61. The van der Waals surface area contributed by atoms with Crippen LogP contribution >= 0.6 is 0 Å². The minimum Gasteiger partial charge on any atom is -0.490 e. The van der Waals surface area contributed by atoms with Crippen molar-refractivity contribution in [3.8, 4) is 11.6 Å². The number of rotatable bonds is 12. The zero-order valence-electron chi connectivity index (χ0n) is 16.7. The summed E-state index contributed by atoms with van der Waals surface area (Å²) in [5, 5.41) is 6.51. The van der Waals surface area contributed by atoms with Crippen molar-refractivity contribution in [2.45, 2.75) is 19.9 Å². The normalized spacial score (nSPS) is 11.1. The average Bonchev–Trinajstić information content (AvgIpc) is 2.74. The van der Waals surface area contributed by atoms with Gasteiger partial charge in [0.15, 0.2) is 5.96 Å².